The predicted molar refractivity (Wildman–Crippen MR) is 262 cm³/mol. The second-order valence-corrected chi connectivity index (χ2v) is 23.6. The molecule has 2 aromatic heterocycles. The van der Waals surface area contributed by atoms with Crippen molar-refractivity contribution in [1.82, 2.24) is 14.8 Å². The zero-order valence-electron chi connectivity index (χ0n) is 39.6. The van der Waals surface area contributed by atoms with Crippen molar-refractivity contribution in [2.75, 3.05) is 38.1 Å². The van der Waals surface area contributed by atoms with Crippen LogP contribution in [0, 0.1) is 23.2 Å². The summed E-state index contributed by atoms with van der Waals surface area (Å²) in [6, 6.07) is 31.0. The SMILES string of the molecule is COc1ccc(COC(=O)c2ncccc2NCC(CCCCl)c2cnn(CC34CC5(C)CC(C)(C3)CC(OCCO[Si](c3ccccc3)c3ccc(C(C)(C)C)cc3)(C5)C4)c2C)cc1. The lowest BCUT2D eigenvalue weighted by atomic mass is 9.39. The van der Waals surface area contributed by atoms with Crippen molar-refractivity contribution in [1.29, 1.82) is 0 Å². The van der Waals surface area contributed by atoms with Gasteiger partial charge in [-0.2, -0.15) is 5.10 Å². The summed E-state index contributed by atoms with van der Waals surface area (Å²) in [6.45, 7) is 16.8. The molecule has 0 saturated heterocycles. The maximum atomic E-state index is 13.3. The molecule has 0 aliphatic heterocycles. The Hall–Kier alpha value is -4.48. The number of carbonyl (C=O) groups excluding carboxylic acids is 1. The van der Waals surface area contributed by atoms with Crippen LogP contribution in [0.15, 0.2) is 103 Å². The zero-order chi connectivity index (χ0) is 45.9. The minimum Gasteiger partial charge on any atom is -0.497 e. The van der Waals surface area contributed by atoms with Gasteiger partial charge in [0.15, 0.2) is 5.69 Å². The van der Waals surface area contributed by atoms with Crippen molar-refractivity contribution < 1.29 is 23.4 Å². The van der Waals surface area contributed by atoms with Crippen molar-refractivity contribution in [2.45, 2.75) is 123 Å². The summed E-state index contributed by atoms with van der Waals surface area (Å²) < 4.78 is 27.3. The van der Waals surface area contributed by atoms with Gasteiger partial charge in [0, 0.05) is 36.8 Å². The number of pyridine rings is 1. The summed E-state index contributed by atoms with van der Waals surface area (Å²) in [5.41, 5.74) is 5.95. The summed E-state index contributed by atoms with van der Waals surface area (Å²) in [7, 11) is 0.177. The number of hydrogen-bond acceptors (Lipinski definition) is 8. The standard InChI is InChI=1S/C54H68ClN4O5Si/c1-39-46(41(13-11-25-55)29-57-47-16-12-26-56-48(47)49(60)62-31-40-17-21-43(61-7)22-18-40)30-58-59(39)38-53-33-51(5)32-52(6,34-53)36-54(35-51,37-53)63-27-28-64-65(44-14-9-8-10-15-44)45-23-19-42(20-24-45)50(2,3)4/h8-10,12,14-24,26,30,41,57H,11,13,25,27-29,31-38H2,1-7H3. The number of methoxy groups -OCH3 is 1. The number of nitrogens with one attached hydrogen (secondary N) is 1. The van der Waals surface area contributed by atoms with Gasteiger partial charge < -0.3 is 24.0 Å². The van der Waals surface area contributed by atoms with E-state index >= 15 is 0 Å². The van der Waals surface area contributed by atoms with E-state index in [0.29, 0.717) is 31.3 Å². The fourth-order valence-electron chi connectivity index (χ4n) is 12.5. The van der Waals surface area contributed by atoms with Crippen LogP contribution in [-0.4, -0.2) is 68.1 Å². The summed E-state index contributed by atoms with van der Waals surface area (Å²) in [5.74, 6) is 0.981. The van der Waals surface area contributed by atoms with Gasteiger partial charge in [0.25, 0.3) is 9.04 Å². The van der Waals surface area contributed by atoms with Gasteiger partial charge in [-0.15, -0.1) is 11.6 Å². The normalized spacial score (nSPS) is 24.0. The van der Waals surface area contributed by atoms with E-state index in [2.05, 4.69) is 117 Å². The number of ether oxygens (including phenoxy) is 3. The second kappa shape index (κ2) is 19.4. The van der Waals surface area contributed by atoms with Gasteiger partial charge in [-0.1, -0.05) is 101 Å². The quantitative estimate of drug-likeness (QED) is 0.0357. The van der Waals surface area contributed by atoms with E-state index in [0.717, 1.165) is 50.0 Å². The monoisotopic (exact) mass is 915 g/mol. The van der Waals surface area contributed by atoms with Crippen LogP contribution < -0.4 is 20.4 Å². The maximum absolute atomic E-state index is 13.3. The Bertz CT molecular complexity index is 2360. The largest absolute Gasteiger partial charge is 0.497 e. The molecule has 4 saturated carbocycles. The number of hydrogen-bond donors (Lipinski definition) is 1. The highest BCUT2D eigenvalue weighted by molar-refractivity contribution is 6.80. The maximum Gasteiger partial charge on any atom is 0.359 e. The third-order valence-electron chi connectivity index (χ3n) is 14.3. The third-order valence-corrected chi connectivity index (χ3v) is 16.7. The Morgan fingerprint density at radius 2 is 1.58 bits per heavy atom. The minimum atomic E-state index is -1.45. The summed E-state index contributed by atoms with van der Waals surface area (Å²) in [4.78, 5) is 17.8. The Labute approximate surface area is 393 Å². The number of esters is 1. The van der Waals surface area contributed by atoms with E-state index in [4.69, 9.17) is 35.3 Å². The minimum absolute atomic E-state index is 0.0849. The van der Waals surface area contributed by atoms with Crippen molar-refractivity contribution in [3.63, 3.8) is 0 Å². The molecule has 4 aliphatic carbocycles. The first-order chi connectivity index (χ1) is 31.1. The molecule has 2 heterocycles. The van der Waals surface area contributed by atoms with Crippen LogP contribution in [0.1, 0.15) is 125 Å². The fourth-order valence-corrected chi connectivity index (χ4v) is 14.6. The number of nitrogens with zero attached hydrogens (tertiary/aromatic N) is 3. The first-order valence-electron chi connectivity index (χ1n) is 23.5. The molecule has 5 aromatic rings. The molecule has 1 N–H and O–H groups in total. The highest BCUT2D eigenvalue weighted by atomic mass is 35.5. The van der Waals surface area contributed by atoms with Gasteiger partial charge in [-0.05, 0) is 131 Å². The Morgan fingerprint density at radius 1 is 0.877 bits per heavy atom. The number of benzene rings is 3. The van der Waals surface area contributed by atoms with Gasteiger partial charge in [-0.25, -0.2) is 9.78 Å². The van der Waals surface area contributed by atoms with E-state index in [9.17, 15) is 4.79 Å². The summed E-state index contributed by atoms with van der Waals surface area (Å²) in [6.07, 6.45) is 12.3. The molecule has 9 nitrogen and oxygen atoms in total. The van der Waals surface area contributed by atoms with Crippen LogP contribution in [0.5, 0.6) is 5.75 Å². The van der Waals surface area contributed by atoms with Crippen LogP contribution in [0.3, 0.4) is 0 Å². The number of halogens is 1. The number of rotatable bonds is 20. The molecule has 65 heavy (non-hydrogen) atoms. The van der Waals surface area contributed by atoms with E-state index in [-0.39, 0.29) is 45.5 Å². The number of aromatic nitrogens is 3. The lowest BCUT2D eigenvalue weighted by Gasteiger charge is -2.69. The molecule has 9 rings (SSSR count). The number of alkyl halides is 1. The van der Waals surface area contributed by atoms with Gasteiger partial charge in [0.05, 0.1) is 37.8 Å². The van der Waals surface area contributed by atoms with Crippen LogP contribution in [0.4, 0.5) is 5.69 Å². The number of anilines is 1. The molecule has 0 amide bonds. The highest BCUT2D eigenvalue weighted by Gasteiger charge is 2.66. The topological polar surface area (TPSA) is 96.7 Å². The molecule has 4 bridgehead atoms. The molecule has 4 fully saturated rings. The molecule has 4 aliphatic rings. The van der Waals surface area contributed by atoms with Crippen LogP contribution in [0.2, 0.25) is 0 Å². The van der Waals surface area contributed by atoms with E-state index in [1.54, 1.807) is 13.3 Å². The van der Waals surface area contributed by atoms with Crippen LogP contribution >= 0.6 is 11.6 Å². The summed E-state index contributed by atoms with van der Waals surface area (Å²) in [5, 5.41) is 11.2. The smallest absolute Gasteiger partial charge is 0.359 e. The Kier molecular flexibility index (Phi) is 14.0. The average molecular weight is 917 g/mol. The van der Waals surface area contributed by atoms with Gasteiger partial charge in [0.2, 0.25) is 0 Å². The van der Waals surface area contributed by atoms with Gasteiger partial charge in [-0.3, -0.25) is 4.68 Å². The van der Waals surface area contributed by atoms with Gasteiger partial charge in [0.1, 0.15) is 12.4 Å². The van der Waals surface area contributed by atoms with E-state index in [1.165, 1.54) is 46.5 Å². The zero-order valence-corrected chi connectivity index (χ0v) is 41.3. The Balaban J connectivity index is 0.941. The first kappa shape index (κ1) is 47.0. The van der Waals surface area contributed by atoms with E-state index in [1.807, 2.05) is 36.4 Å². The molecule has 11 heteroatoms. The molecular formula is C54H68ClN4O5Si. The van der Waals surface area contributed by atoms with Crippen LogP contribution in [-0.2, 0) is 32.5 Å². The highest BCUT2D eigenvalue weighted by Crippen LogP contribution is 2.72. The lowest BCUT2D eigenvalue weighted by Crippen LogP contribution is -2.64. The van der Waals surface area contributed by atoms with Crippen molar-refractivity contribution in [3.8, 4) is 5.75 Å². The van der Waals surface area contributed by atoms with E-state index < -0.39 is 15.0 Å². The molecule has 3 atom stereocenters. The fraction of sp³-hybridized carbons (Fsp3) is 0.500. The average Bonchev–Trinajstić information content (AvgIpc) is 3.62. The first-order valence-corrected chi connectivity index (χ1v) is 25.4. The lowest BCUT2D eigenvalue weighted by molar-refractivity contribution is -0.249. The molecule has 0 spiro atoms. The molecule has 1 radical (unpaired) electrons. The number of carbonyl (C=O) groups is 1. The summed E-state index contributed by atoms with van der Waals surface area (Å²) >= 11 is 6.31. The van der Waals surface area contributed by atoms with Crippen LogP contribution in [0.25, 0.3) is 0 Å². The molecule has 345 valence electrons. The third kappa shape index (κ3) is 10.9. The van der Waals surface area contributed by atoms with Crippen molar-refractivity contribution in [2.24, 2.45) is 16.2 Å². The second-order valence-electron chi connectivity index (χ2n) is 21.2. The molecule has 3 aromatic carbocycles. The van der Waals surface area contributed by atoms with Crippen molar-refractivity contribution in [3.05, 3.63) is 131 Å². The molecule has 3 unspecified atom stereocenters. The van der Waals surface area contributed by atoms with Gasteiger partial charge >= 0.3 is 5.97 Å². The van der Waals surface area contributed by atoms with Crippen molar-refractivity contribution >= 4 is 42.7 Å². The Morgan fingerprint density at radius 3 is 2.26 bits per heavy atom. The predicted octanol–water partition coefficient (Wildman–Crippen LogP) is 10.4. The molecular weight excluding hydrogens is 848 g/mol.